The van der Waals surface area contributed by atoms with Crippen LogP contribution in [-0.4, -0.2) is 31.6 Å². The normalized spacial score (nSPS) is 13.3. The fraction of sp³-hybridized carbons (Fsp3) is 0.273. The van der Waals surface area contributed by atoms with Gasteiger partial charge >= 0.3 is 5.97 Å². The second-order valence-electron chi connectivity index (χ2n) is 6.53. The zero-order chi connectivity index (χ0) is 19.9. The number of carbonyl (C=O) groups is 2. The van der Waals surface area contributed by atoms with Gasteiger partial charge in [-0.15, -0.1) is 0 Å². The molecule has 1 aliphatic rings. The Morgan fingerprint density at radius 2 is 2.00 bits per heavy atom. The van der Waals surface area contributed by atoms with E-state index in [1.165, 1.54) is 12.1 Å². The van der Waals surface area contributed by atoms with Crippen LogP contribution in [0.2, 0.25) is 0 Å². The zero-order valence-electron chi connectivity index (χ0n) is 15.8. The number of hydrogen-bond donors (Lipinski definition) is 1. The Hall–Kier alpha value is -3.15. The summed E-state index contributed by atoms with van der Waals surface area (Å²) in [5.41, 5.74) is 2.93. The van der Waals surface area contributed by atoms with Crippen molar-refractivity contribution in [1.29, 1.82) is 0 Å². The molecule has 0 saturated carbocycles. The number of nitrogens with one attached hydrogen (secondary N) is 1. The van der Waals surface area contributed by atoms with E-state index in [0.29, 0.717) is 24.5 Å². The number of carbonyl (C=O) groups excluding carboxylic acids is 2. The number of halogens is 1. The Morgan fingerprint density at radius 3 is 2.75 bits per heavy atom. The number of esters is 1. The summed E-state index contributed by atoms with van der Waals surface area (Å²) in [4.78, 5) is 25.5. The quantitative estimate of drug-likeness (QED) is 0.610. The first-order chi connectivity index (χ1) is 13.6. The number of amides is 1. The van der Waals surface area contributed by atoms with Crippen molar-refractivity contribution >= 4 is 29.3 Å². The van der Waals surface area contributed by atoms with Crippen LogP contribution in [0.3, 0.4) is 0 Å². The van der Waals surface area contributed by atoms with E-state index in [0.717, 1.165) is 24.0 Å². The molecule has 0 unspecified atom stereocenters. The first kappa shape index (κ1) is 19.6. The molecule has 3 rings (SSSR count). The van der Waals surface area contributed by atoms with Crippen molar-refractivity contribution in [1.82, 2.24) is 0 Å². The molecule has 0 fully saturated rings. The molecule has 1 amide bonds. The number of hydrogen-bond acceptors (Lipinski definition) is 4. The van der Waals surface area contributed by atoms with E-state index < -0.39 is 5.97 Å². The highest BCUT2D eigenvalue weighted by Crippen LogP contribution is 2.29. The maximum atomic E-state index is 14.2. The van der Waals surface area contributed by atoms with E-state index in [2.05, 4.69) is 5.32 Å². The fourth-order valence-electron chi connectivity index (χ4n) is 3.25. The topological polar surface area (TPSA) is 58.6 Å². The molecule has 5 nitrogen and oxygen atoms in total. The molecule has 28 heavy (non-hydrogen) atoms. The van der Waals surface area contributed by atoms with Crippen molar-refractivity contribution in [3.05, 3.63) is 65.5 Å². The van der Waals surface area contributed by atoms with Gasteiger partial charge in [-0.25, -0.2) is 9.18 Å². The average molecular weight is 382 g/mol. The van der Waals surface area contributed by atoms with E-state index in [1.54, 1.807) is 48.2 Å². The van der Waals surface area contributed by atoms with Crippen LogP contribution < -0.4 is 10.2 Å². The Kier molecular flexibility index (Phi) is 6.42. The first-order valence-electron chi connectivity index (χ1n) is 9.34. The number of rotatable bonds is 6. The number of anilines is 2. The maximum Gasteiger partial charge on any atom is 0.330 e. The molecule has 0 radical (unpaired) electrons. The number of benzene rings is 2. The Morgan fingerprint density at radius 1 is 1.21 bits per heavy atom. The van der Waals surface area contributed by atoms with Crippen molar-refractivity contribution in [3.63, 3.8) is 0 Å². The van der Waals surface area contributed by atoms with Gasteiger partial charge in [-0.1, -0.05) is 24.3 Å². The smallest absolute Gasteiger partial charge is 0.330 e. The number of ether oxygens (including phenoxy) is 1. The molecule has 1 heterocycles. The Bertz CT molecular complexity index is 878. The minimum Gasteiger partial charge on any atom is -0.463 e. The van der Waals surface area contributed by atoms with Crippen LogP contribution in [0, 0.1) is 5.82 Å². The second kappa shape index (κ2) is 9.17. The average Bonchev–Trinajstić information content (AvgIpc) is 2.68. The van der Waals surface area contributed by atoms with Crippen LogP contribution in [0.5, 0.6) is 0 Å². The zero-order valence-corrected chi connectivity index (χ0v) is 15.8. The molecule has 0 spiro atoms. The summed E-state index contributed by atoms with van der Waals surface area (Å²) >= 11 is 0. The number of fused-ring (bicyclic) bond motifs is 1. The van der Waals surface area contributed by atoms with Crippen LogP contribution in [-0.2, 0) is 20.7 Å². The summed E-state index contributed by atoms with van der Waals surface area (Å²) in [5.74, 6) is -0.886. The third-order valence-corrected chi connectivity index (χ3v) is 4.49. The Balaban J connectivity index is 1.60. The van der Waals surface area contributed by atoms with E-state index in [-0.39, 0.29) is 18.3 Å². The lowest BCUT2D eigenvalue weighted by atomic mass is 10.0. The number of nitrogens with zero attached hydrogens (tertiary/aromatic N) is 1. The lowest BCUT2D eigenvalue weighted by Gasteiger charge is -2.31. The molecular weight excluding hydrogens is 359 g/mol. The van der Waals surface area contributed by atoms with E-state index in [1.807, 2.05) is 6.07 Å². The largest absolute Gasteiger partial charge is 0.463 e. The summed E-state index contributed by atoms with van der Waals surface area (Å²) in [5, 5.41) is 2.83. The molecule has 0 aromatic heterocycles. The van der Waals surface area contributed by atoms with Crippen LogP contribution >= 0.6 is 0 Å². The van der Waals surface area contributed by atoms with Gasteiger partial charge in [0.05, 0.1) is 18.8 Å². The lowest BCUT2D eigenvalue weighted by Crippen LogP contribution is -2.37. The van der Waals surface area contributed by atoms with Gasteiger partial charge < -0.3 is 15.0 Å². The van der Waals surface area contributed by atoms with Gasteiger partial charge in [0, 0.05) is 18.3 Å². The molecule has 0 saturated heterocycles. The highest BCUT2D eigenvalue weighted by Gasteiger charge is 2.22. The molecule has 6 heteroatoms. The molecule has 0 bridgehead atoms. The standard InChI is InChI=1S/C22H23FN2O3/c1-2-28-21(27)13-10-16-8-11-18(12-9-16)24-20(26)15-25-14-4-6-17-5-3-7-19(23)22(17)25/h3,5,7-13H,2,4,6,14-15H2,1H3,(H,24,26)/b13-10+. The van der Waals surface area contributed by atoms with Gasteiger partial charge in [-0.05, 0) is 55.2 Å². The van der Waals surface area contributed by atoms with Gasteiger partial charge in [-0.3, -0.25) is 4.79 Å². The SMILES string of the molecule is CCOC(=O)/C=C/c1ccc(NC(=O)CN2CCCc3cccc(F)c32)cc1. The van der Waals surface area contributed by atoms with Crippen LogP contribution in [0.1, 0.15) is 24.5 Å². The number of aryl methyl sites for hydroxylation is 1. The summed E-state index contributed by atoms with van der Waals surface area (Å²) in [6, 6.07) is 12.1. The van der Waals surface area contributed by atoms with Crippen molar-refractivity contribution in [2.45, 2.75) is 19.8 Å². The minimum atomic E-state index is -0.395. The minimum absolute atomic E-state index is 0.0957. The van der Waals surface area contributed by atoms with E-state index >= 15 is 0 Å². The Labute approximate surface area is 163 Å². The van der Waals surface area contributed by atoms with Gasteiger partial charge in [0.15, 0.2) is 0 Å². The molecule has 1 aliphatic heterocycles. The molecule has 0 atom stereocenters. The second-order valence-corrected chi connectivity index (χ2v) is 6.53. The molecule has 0 aliphatic carbocycles. The van der Waals surface area contributed by atoms with Crippen LogP contribution in [0.15, 0.2) is 48.5 Å². The fourth-order valence-corrected chi connectivity index (χ4v) is 3.25. The monoisotopic (exact) mass is 382 g/mol. The van der Waals surface area contributed by atoms with Gasteiger partial charge in [0.1, 0.15) is 5.82 Å². The summed E-state index contributed by atoms with van der Waals surface area (Å²) in [6.45, 7) is 2.83. The molecular formula is C22H23FN2O3. The number of para-hydroxylation sites is 1. The van der Waals surface area contributed by atoms with Crippen LogP contribution in [0.4, 0.5) is 15.8 Å². The predicted molar refractivity (Wildman–Crippen MR) is 108 cm³/mol. The van der Waals surface area contributed by atoms with Crippen molar-refractivity contribution in [2.24, 2.45) is 0 Å². The van der Waals surface area contributed by atoms with Gasteiger partial charge in [0.25, 0.3) is 0 Å². The van der Waals surface area contributed by atoms with Crippen LogP contribution in [0.25, 0.3) is 6.08 Å². The lowest BCUT2D eigenvalue weighted by molar-refractivity contribution is -0.137. The van der Waals surface area contributed by atoms with Gasteiger partial charge in [-0.2, -0.15) is 0 Å². The highest BCUT2D eigenvalue weighted by molar-refractivity contribution is 5.94. The molecule has 2 aromatic rings. The van der Waals surface area contributed by atoms with Crippen molar-refractivity contribution in [2.75, 3.05) is 29.9 Å². The predicted octanol–water partition coefficient (Wildman–Crippen LogP) is 3.79. The van der Waals surface area contributed by atoms with E-state index in [9.17, 15) is 14.0 Å². The summed E-state index contributed by atoms with van der Waals surface area (Å²) < 4.78 is 19.0. The molecule has 1 N–H and O–H groups in total. The molecule has 2 aromatic carbocycles. The first-order valence-corrected chi connectivity index (χ1v) is 9.34. The third kappa shape index (κ3) is 4.97. The van der Waals surface area contributed by atoms with Crippen molar-refractivity contribution < 1.29 is 18.7 Å². The highest BCUT2D eigenvalue weighted by atomic mass is 19.1. The van der Waals surface area contributed by atoms with Crippen molar-refractivity contribution in [3.8, 4) is 0 Å². The third-order valence-electron chi connectivity index (χ3n) is 4.49. The summed E-state index contributed by atoms with van der Waals surface area (Å²) in [7, 11) is 0. The van der Waals surface area contributed by atoms with Gasteiger partial charge in [0.2, 0.25) is 5.91 Å². The summed E-state index contributed by atoms with van der Waals surface area (Å²) in [6.07, 6.45) is 4.73. The molecule has 146 valence electrons. The van der Waals surface area contributed by atoms with E-state index in [4.69, 9.17) is 4.74 Å². The maximum absolute atomic E-state index is 14.2.